The van der Waals surface area contributed by atoms with Gasteiger partial charge in [0.2, 0.25) is 0 Å². The second-order valence-electron chi connectivity index (χ2n) is 9.85. The Morgan fingerprint density at radius 3 is 2.58 bits per heavy atom. The molecule has 31 heavy (non-hydrogen) atoms. The maximum atomic E-state index is 13.9. The van der Waals surface area contributed by atoms with Crippen molar-refractivity contribution in [2.75, 3.05) is 13.2 Å². The Labute approximate surface area is 179 Å². The highest BCUT2D eigenvalue weighted by atomic mass is 19.4. The van der Waals surface area contributed by atoms with Crippen LogP contribution in [0.25, 0.3) is 0 Å². The molecule has 6 unspecified atom stereocenters. The van der Waals surface area contributed by atoms with Crippen LogP contribution in [-0.2, 0) is 4.74 Å². The fourth-order valence-electron chi connectivity index (χ4n) is 5.96. The van der Waals surface area contributed by atoms with E-state index >= 15 is 0 Å². The highest BCUT2D eigenvalue weighted by Crippen LogP contribution is 2.46. The maximum absolute atomic E-state index is 13.9. The van der Waals surface area contributed by atoms with Crippen molar-refractivity contribution < 1.29 is 37.6 Å². The van der Waals surface area contributed by atoms with Gasteiger partial charge in [0.15, 0.2) is 0 Å². The Hall–Kier alpha value is -0.560. The third-order valence-electron chi connectivity index (χ3n) is 7.94. The molecular weight excluding hydrogens is 422 g/mol. The van der Waals surface area contributed by atoms with E-state index in [0.717, 1.165) is 6.42 Å². The first kappa shape index (κ1) is 23.6. The minimum atomic E-state index is -4.69. The van der Waals surface area contributed by atoms with Crippen molar-refractivity contribution in [3.63, 3.8) is 0 Å². The molecule has 1 aliphatic carbocycles. The van der Waals surface area contributed by atoms with Crippen LogP contribution in [0.15, 0.2) is 0 Å². The molecule has 0 spiro atoms. The molecule has 7 nitrogen and oxygen atoms in total. The smallest absolute Gasteiger partial charge is 0.390 e. The first-order valence-electron chi connectivity index (χ1n) is 11.1. The predicted octanol–water partition coefficient (Wildman–Crippen LogP) is 0.688. The van der Waals surface area contributed by atoms with E-state index in [1.807, 2.05) is 4.90 Å². The molecule has 11 heteroatoms. The van der Waals surface area contributed by atoms with Crippen LogP contribution in [0.3, 0.4) is 0 Å². The van der Waals surface area contributed by atoms with Gasteiger partial charge in [0.05, 0.1) is 18.2 Å². The summed E-state index contributed by atoms with van der Waals surface area (Å²) in [7, 11) is 0. The lowest BCUT2D eigenvalue weighted by Gasteiger charge is -2.40. The first-order chi connectivity index (χ1) is 14.4. The Balaban J connectivity index is 1.49. The number of aliphatic hydroxyl groups excluding tert-OH is 2. The molecule has 4 fully saturated rings. The van der Waals surface area contributed by atoms with E-state index in [9.17, 15) is 32.9 Å². The normalized spacial score (nSPS) is 50.4. The molecule has 3 saturated heterocycles. The standard InChI is InChI=1S/C20H33F4N3O4/c1-9-11-5-6-27(17(11)26-8-25-9)18-15(29)19(2,30)16(31-18)14(28)10-3-4-13(21)12(7-10)20(22,23)24/h9-18,25-26,28-30H,3-8H2,1-2H3/t9?,10?,11?,12?,13?,14-,15+,16-,17?,18-,19+/m1/s1. The summed E-state index contributed by atoms with van der Waals surface area (Å²) in [5.74, 6) is -2.76. The number of nitrogens with zero attached hydrogens (tertiary/aromatic N) is 1. The molecule has 11 atom stereocenters. The zero-order chi connectivity index (χ0) is 22.7. The SMILES string of the molecule is CC1NCNC2C1CCN2[C@@H]1O[C@H]([C@H](O)C2CCC(F)C(C(F)(F)F)C2)[C@@](C)(O)[C@H]1O. The number of aliphatic hydroxyl groups is 3. The van der Waals surface area contributed by atoms with Crippen LogP contribution in [0.4, 0.5) is 17.6 Å². The summed E-state index contributed by atoms with van der Waals surface area (Å²) in [6.45, 7) is 4.60. The van der Waals surface area contributed by atoms with Crippen molar-refractivity contribution in [2.45, 2.75) is 94.2 Å². The van der Waals surface area contributed by atoms with Gasteiger partial charge < -0.3 is 25.4 Å². The monoisotopic (exact) mass is 455 g/mol. The molecule has 180 valence electrons. The summed E-state index contributed by atoms with van der Waals surface area (Å²) in [6, 6.07) is 0.256. The lowest BCUT2D eigenvalue weighted by molar-refractivity contribution is -0.212. The minimum Gasteiger partial charge on any atom is -0.390 e. The van der Waals surface area contributed by atoms with Gasteiger partial charge in [-0.1, -0.05) is 0 Å². The van der Waals surface area contributed by atoms with Crippen LogP contribution in [0, 0.1) is 17.8 Å². The first-order valence-corrected chi connectivity index (χ1v) is 11.1. The molecule has 0 bridgehead atoms. The molecule has 0 radical (unpaired) electrons. The molecule has 5 N–H and O–H groups in total. The summed E-state index contributed by atoms with van der Waals surface area (Å²) < 4.78 is 59.5. The second kappa shape index (κ2) is 8.34. The summed E-state index contributed by atoms with van der Waals surface area (Å²) in [6.07, 6.45) is -11.7. The molecule has 3 heterocycles. The molecule has 1 saturated carbocycles. The number of alkyl halides is 4. The van der Waals surface area contributed by atoms with Crippen LogP contribution in [-0.4, -0.2) is 88.1 Å². The number of halogens is 4. The summed E-state index contributed by atoms with van der Waals surface area (Å²) in [5.41, 5.74) is -1.86. The molecule has 4 rings (SSSR count). The van der Waals surface area contributed by atoms with Gasteiger partial charge in [-0.2, -0.15) is 13.2 Å². The molecule has 0 aromatic heterocycles. The Bertz CT molecular complexity index is 654. The van der Waals surface area contributed by atoms with E-state index in [2.05, 4.69) is 17.6 Å². The van der Waals surface area contributed by atoms with E-state index in [-0.39, 0.29) is 31.0 Å². The highest BCUT2D eigenvalue weighted by Gasteiger charge is 2.60. The topological polar surface area (TPSA) is 97.2 Å². The third-order valence-corrected chi connectivity index (χ3v) is 7.94. The van der Waals surface area contributed by atoms with Gasteiger partial charge in [0, 0.05) is 25.2 Å². The van der Waals surface area contributed by atoms with Gasteiger partial charge >= 0.3 is 6.18 Å². The van der Waals surface area contributed by atoms with Gasteiger partial charge in [-0.15, -0.1) is 0 Å². The summed E-state index contributed by atoms with van der Waals surface area (Å²) in [4.78, 5) is 1.92. The number of hydrogen-bond donors (Lipinski definition) is 5. The number of hydrogen-bond acceptors (Lipinski definition) is 7. The van der Waals surface area contributed by atoms with Gasteiger partial charge in [-0.25, -0.2) is 4.39 Å². The van der Waals surface area contributed by atoms with Gasteiger partial charge in [-0.3, -0.25) is 10.2 Å². The zero-order valence-electron chi connectivity index (χ0n) is 17.7. The lowest BCUT2D eigenvalue weighted by Crippen LogP contribution is -2.62. The minimum absolute atomic E-state index is 0.0603. The van der Waals surface area contributed by atoms with Crippen molar-refractivity contribution in [1.82, 2.24) is 15.5 Å². The number of likely N-dealkylation sites (tertiary alicyclic amines) is 1. The van der Waals surface area contributed by atoms with Crippen molar-refractivity contribution in [1.29, 1.82) is 0 Å². The summed E-state index contributed by atoms with van der Waals surface area (Å²) >= 11 is 0. The predicted molar refractivity (Wildman–Crippen MR) is 102 cm³/mol. The molecule has 0 aromatic carbocycles. The van der Waals surface area contributed by atoms with E-state index in [1.54, 1.807) is 0 Å². The average molecular weight is 455 g/mol. The zero-order valence-corrected chi connectivity index (χ0v) is 17.7. The van der Waals surface area contributed by atoms with Crippen LogP contribution in [0.5, 0.6) is 0 Å². The van der Waals surface area contributed by atoms with E-state index in [1.165, 1.54) is 6.92 Å². The van der Waals surface area contributed by atoms with Crippen LogP contribution >= 0.6 is 0 Å². The van der Waals surface area contributed by atoms with E-state index in [0.29, 0.717) is 13.2 Å². The van der Waals surface area contributed by atoms with Crippen molar-refractivity contribution >= 4 is 0 Å². The molecular formula is C20H33F4N3O4. The fraction of sp³-hybridized carbons (Fsp3) is 1.00. The van der Waals surface area contributed by atoms with Crippen LogP contribution in [0.2, 0.25) is 0 Å². The van der Waals surface area contributed by atoms with Crippen molar-refractivity contribution in [2.24, 2.45) is 17.8 Å². The third kappa shape index (κ3) is 4.11. The molecule has 0 aromatic rings. The summed E-state index contributed by atoms with van der Waals surface area (Å²) in [5, 5.41) is 39.4. The highest BCUT2D eigenvalue weighted by molar-refractivity contribution is 5.07. The van der Waals surface area contributed by atoms with Crippen molar-refractivity contribution in [3.05, 3.63) is 0 Å². The maximum Gasteiger partial charge on any atom is 0.394 e. The average Bonchev–Trinajstić information content (AvgIpc) is 3.21. The number of nitrogens with one attached hydrogen (secondary N) is 2. The lowest BCUT2D eigenvalue weighted by atomic mass is 9.74. The van der Waals surface area contributed by atoms with Crippen LogP contribution < -0.4 is 10.6 Å². The van der Waals surface area contributed by atoms with E-state index < -0.39 is 60.7 Å². The fourth-order valence-corrected chi connectivity index (χ4v) is 5.96. The number of rotatable bonds is 3. The van der Waals surface area contributed by atoms with Crippen LogP contribution in [0.1, 0.15) is 39.5 Å². The quantitative estimate of drug-likeness (QED) is 0.400. The number of ether oxygens (including phenoxy) is 1. The Morgan fingerprint density at radius 1 is 1.19 bits per heavy atom. The molecule has 3 aliphatic heterocycles. The van der Waals surface area contributed by atoms with Crippen molar-refractivity contribution in [3.8, 4) is 0 Å². The Morgan fingerprint density at radius 2 is 1.90 bits per heavy atom. The molecule has 0 amide bonds. The van der Waals surface area contributed by atoms with Gasteiger partial charge in [0.25, 0.3) is 0 Å². The molecule has 4 aliphatic rings. The largest absolute Gasteiger partial charge is 0.394 e. The number of fused-ring (bicyclic) bond motifs is 1. The Kier molecular flexibility index (Phi) is 6.35. The van der Waals surface area contributed by atoms with Gasteiger partial charge in [0.1, 0.15) is 30.2 Å². The second-order valence-corrected chi connectivity index (χ2v) is 9.85. The van der Waals surface area contributed by atoms with E-state index in [4.69, 9.17) is 4.74 Å². The van der Waals surface area contributed by atoms with Gasteiger partial charge in [-0.05, 0) is 45.4 Å².